The van der Waals surface area contributed by atoms with Crippen LogP contribution in [0.25, 0.3) is 5.76 Å². The molecule has 1 atom stereocenters. The molecule has 3 aromatic rings. The van der Waals surface area contributed by atoms with Gasteiger partial charge in [0.15, 0.2) is 16.6 Å². The molecular formula is C35H40N2O8S. The Morgan fingerprint density at radius 1 is 1.00 bits per heavy atom. The average molecular weight is 649 g/mol. The molecule has 0 spiro atoms. The van der Waals surface area contributed by atoms with Gasteiger partial charge >= 0.3 is 11.9 Å². The van der Waals surface area contributed by atoms with Gasteiger partial charge in [-0.25, -0.2) is 9.78 Å². The third-order valence-corrected chi connectivity index (χ3v) is 8.32. The highest BCUT2D eigenvalue weighted by atomic mass is 32.1. The van der Waals surface area contributed by atoms with Gasteiger partial charge in [-0.2, -0.15) is 0 Å². The summed E-state index contributed by atoms with van der Waals surface area (Å²) in [4.78, 5) is 46.1. The van der Waals surface area contributed by atoms with E-state index in [1.54, 1.807) is 49.4 Å². The Kier molecular flexibility index (Phi) is 12.0. The fourth-order valence-electron chi connectivity index (χ4n) is 4.83. The summed E-state index contributed by atoms with van der Waals surface area (Å²) in [7, 11) is 0. The van der Waals surface area contributed by atoms with Gasteiger partial charge < -0.3 is 24.1 Å². The number of anilines is 1. The van der Waals surface area contributed by atoms with Crippen molar-refractivity contribution in [3.63, 3.8) is 0 Å². The number of benzene rings is 2. The Labute approximate surface area is 273 Å². The van der Waals surface area contributed by atoms with Gasteiger partial charge in [-0.05, 0) is 68.7 Å². The van der Waals surface area contributed by atoms with Crippen molar-refractivity contribution in [1.29, 1.82) is 0 Å². The topological polar surface area (TPSA) is 124 Å². The number of aryl methyl sites for hydroxylation is 1. The van der Waals surface area contributed by atoms with Crippen molar-refractivity contribution in [2.24, 2.45) is 0 Å². The molecule has 244 valence electrons. The number of amides is 1. The number of hydrogen-bond donors (Lipinski definition) is 1. The van der Waals surface area contributed by atoms with Crippen LogP contribution in [0.4, 0.5) is 5.13 Å². The lowest BCUT2D eigenvalue weighted by molar-refractivity contribution is -0.132. The molecule has 4 rings (SSSR count). The lowest BCUT2D eigenvalue weighted by atomic mass is 9.95. The molecule has 0 radical (unpaired) electrons. The number of hydrogen-bond acceptors (Lipinski definition) is 10. The summed E-state index contributed by atoms with van der Waals surface area (Å²) in [5.41, 5.74) is 1.02. The first-order chi connectivity index (χ1) is 22.2. The normalized spacial score (nSPS) is 15.6. The van der Waals surface area contributed by atoms with Crippen molar-refractivity contribution in [3.8, 4) is 17.2 Å². The molecule has 0 saturated carbocycles. The van der Waals surface area contributed by atoms with Crippen molar-refractivity contribution in [3.05, 3.63) is 82.4 Å². The van der Waals surface area contributed by atoms with Gasteiger partial charge in [-0.15, -0.1) is 0 Å². The molecule has 1 N–H and O–H groups in total. The van der Waals surface area contributed by atoms with Crippen LogP contribution in [0.2, 0.25) is 0 Å². The second-order valence-electron chi connectivity index (χ2n) is 10.5. The highest BCUT2D eigenvalue weighted by Crippen LogP contribution is 2.45. The molecule has 46 heavy (non-hydrogen) atoms. The van der Waals surface area contributed by atoms with Crippen molar-refractivity contribution in [2.45, 2.75) is 59.4 Å². The van der Waals surface area contributed by atoms with E-state index in [2.05, 4.69) is 25.4 Å². The maximum Gasteiger partial charge on any atom is 0.350 e. The first-order valence-corrected chi connectivity index (χ1v) is 16.3. The number of Topliss-reactive ketones (excluding diaryl/α,β-unsaturated/α-hetero) is 1. The van der Waals surface area contributed by atoms with Crippen molar-refractivity contribution < 1.29 is 38.4 Å². The Bertz CT molecular complexity index is 1590. The number of rotatable bonds is 16. The van der Waals surface area contributed by atoms with Crippen LogP contribution in [0, 0.1) is 6.92 Å². The molecule has 11 heteroatoms. The van der Waals surface area contributed by atoms with Crippen LogP contribution in [0.1, 0.15) is 79.0 Å². The second kappa shape index (κ2) is 16.1. The molecular weight excluding hydrogens is 608 g/mol. The van der Waals surface area contributed by atoms with Crippen molar-refractivity contribution in [1.82, 2.24) is 4.98 Å². The minimum atomic E-state index is -1.09. The lowest BCUT2D eigenvalue weighted by Crippen LogP contribution is -2.29. The van der Waals surface area contributed by atoms with Gasteiger partial charge in [-0.1, -0.05) is 56.7 Å². The molecule has 0 aliphatic carbocycles. The van der Waals surface area contributed by atoms with E-state index >= 15 is 0 Å². The fraction of sp³-hybridized carbons (Fsp3) is 0.371. The molecule has 10 nitrogen and oxygen atoms in total. The van der Waals surface area contributed by atoms with E-state index in [1.165, 1.54) is 11.0 Å². The highest BCUT2D eigenvalue weighted by molar-refractivity contribution is 7.17. The molecule has 1 fully saturated rings. The van der Waals surface area contributed by atoms with Crippen molar-refractivity contribution in [2.75, 3.05) is 31.3 Å². The lowest BCUT2D eigenvalue weighted by Gasteiger charge is -2.24. The zero-order valence-corrected chi connectivity index (χ0v) is 27.5. The summed E-state index contributed by atoms with van der Waals surface area (Å²) in [5, 5.41) is 11.7. The third kappa shape index (κ3) is 7.59. The molecule has 1 unspecified atom stereocenters. The van der Waals surface area contributed by atoms with Crippen LogP contribution in [-0.2, 0) is 14.3 Å². The maximum atomic E-state index is 13.7. The molecule has 0 bridgehead atoms. The minimum Gasteiger partial charge on any atom is -0.507 e. The van der Waals surface area contributed by atoms with E-state index in [-0.39, 0.29) is 27.9 Å². The first kappa shape index (κ1) is 34.2. The summed E-state index contributed by atoms with van der Waals surface area (Å²) in [6.45, 7) is 12.6. The van der Waals surface area contributed by atoms with Gasteiger partial charge in [0.1, 0.15) is 23.0 Å². The second-order valence-corrected chi connectivity index (χ2v) is 11.5. The van der Waals surface area contributed by atoms with Gasteiger partial charge in [0.25, 0.3) is 5.78 Å². The molecule has 1 aromatic heterocycles. The Balaban J connectivity index is 1.84. The number of carbonyl (C=O) groups excluding carboxylic acids is 3. The van der Waals surface area contributed by atoms with Crippen LogP contribution in [0.5, 0.6) is 17.2 Å². The van der Waals surface area contributed by atoms with Gasteiger partial charge in [0.05, 0.1) is 37.1 Å². The fourth-order valence-corrected chi connectivity index (χ4v) is 5.82. The van der Waals surface area contributed by atoms with E-state index in [4.69, 9.17) is 18.9 Å². The van der Waals surface area contributed by atoms with E-state index in [0.29, 0.717) is 53.9 Å². The van der Waals surface area contributed by atoms with Crippen molar-refractivity contribution >= 4 is 39.9 Å². The van der Waals surface area contributed by atoms with Gasteiger partial charge in [0, 0.05) is 5.56 Å². The predicted octanol–water partition coefficient (Wildman–Crippen LogP) is 7.18. The zero-order chi connectivity index (χ0) is 33.2. The number of esters is 1. The largest absolute Gasteiger partial charge is 0.507 e. The van der Waals surface area contributed by atoms with E-state index in [9.17, 15) is 19.5 Å². The SMILES string of the molecule is C=CCOC(=O)c1sc(N2C(=O)C(=O)/C(=C(/O)c3ccc(OCCCC)cc3)C2c2ccc(OCCCC)c(OCC)c2)nc1C. The molecule has 2 heterocycles. The van der Waals surface area contributed by atoms with Crippen LogP contribution in [0.15, 0.2) is 60.7 Å². The molecule has 1 aliphatic rings. The standard InChI is InChI=1S/C35H40N2O8S/c1-6-10-19-43-25-15-12-23(13-16-25)30(38)28-29(24-14-17-26(44-20-11-7-2)27(21-24)42-9-4)37(33(40)31(28)39)35-36-22(5)32(46-35)34(41)45-18-8-3/h8,12-17,21,29,38H,3,6-7,9-11,18-20H2,1-2,4-5H3/b30-28+. The van der Waals surface area contributed by atoms with Gasteiger partial charge in [-0.3, -0.25) is 14.5 Å². The van der Waals surface area contributed by atoms with E-state index in [0.717, 1.165) is 37.0 Å². The minimum absolute atomic E-state index is 0.00529. The van der Waals surface area contributed by atoms with Crippen LogP contribution in [-0.4, -0.2) is 54.2 Å². The number of carbonyl (C=O) groups is 3. The number of ether oxygens (including phenoxy) is 4. The van der Waals surface area contributed by atoms with Crippen LogP contribution < -0.4 is 19.1 Å². The number of aliphatic hydroxyl groups is 1. The number of unbranched alkanes of at least 4 members (excludes halogenated alkanes) is 2. The van der Waals surface area contributed by atoms with Crippen LogP contribution >= 0.6 is 11.3 Å². The Hall–Kier alpha value is -4.64. The summed E-state index contributed by atoms with van der Waals surface area (Å²) in [6.07, 6.45) is 5.16. The maximum absolute atomic E-state index is 13.7. The highest BCUT2D eigenvalue weighted by Gasteiger charge is 2.48. The smallest absolute Gasteiger partial charge is 0.350 e. The molecule has 1 saturated heterocycles. The Morgan fingerprint density at radius 2 is 1.70 bits per heavy atom. The first-order valence-electron chi connectivity index (χ1n) is 15.4. The summed E-state index contributed by atoms with van der Waals surface area (Å²) in [6, 6.07) is 10.7. The van der Waals surface area contributed by atoms with E-state index in [1.807, 2.05) is 6.92 Å². The molecule has 1 amide bonds. The quantitative estimate of drug-likeness (QED) is 0.0430. The zero-order valence-electron chi connectivity index (χ0n) is 26.7. The number of aliphatic hydroxyl groups excluding tert-OH is 1. The number of nitrogens with zero attached hydrogens (tertiary/aromatic N) is 2. The summed E-state index contributed by atoms with van der Waals surface area (Å²) >= 11 is 0.928. The predicted molar refractivity (Wildman–Crippen MR) is 177 cm³/mol. The average Bonchev–Trinajstić information content (AvgIpc) is 3.56. The monoisotopic (exact) mass is 648 g/mol. The number of ketones is 1. The summed E-state index contributed by atoms with van der Waals surface area (Å²) < 4.78 is 22.8. The molecule has 2 aromatic carbocycles. The van der Waals surface area contributed by atoms with E-state index < -0.39 is 23.7 Å². The summed E-state index contributed by atoms with van der Waals surface area (Å²) in [5.74, 6) is -1.20. The number of thiazole rings is 1. The molecule has 1 aliphatic heterocycles. The number of aromatic nitrogens is 1. The van der Waals surface area contributed by atoms with Gasteiger partial charge in [0.2, 0.25) is 0 Å². The third-order valence-electron chi connectivity index (χ3n) is 7.19. The van der Waals surface area contributed by atoms with Crippen LogP contribution in [0.3, 0.4) is 0 Å². The Morgan fingerprint density at radius 3 is 2.35 bits per heavy atom.